The van der Waals surface area contributed by atoms with Gasteiger partial charge in [0.2, 0.25) is 17.7 Å². The second-order valence-corrected chi connectivity index (χ2v) is 7.07. The summed E-state index contributed by atoms with van der Waals surface area (Å²) in [7, 11) is 0. The van der Waals surface area contributed by atoms with E-state index in [0.29, 0.717) is 6.42 Å². The minimum Gasteiger partial charge on any atom is -0.480 e. The van der Waals surface area contributed by atoms with Crippen LogP contribution in [0.15, 0.2) is 0 Å². The van der Waals surface area contributed by atoms with Crippen LogP contribution in [0.1, 0.15) is 26.7 Å². The van der Waals surface area contributed by atoms with Crippen molar-refractivity contribution in [1.82, 2.24) is 21.3 Å². The lowest BCUT2D eigenvalue weighted by molar-refractivity contribution is -0.143. The molecule has 0 bridgehead atoms. The zero-order chi connectivity index (χ0) is 20.6. The Kier molecular flexibility index (Phi) is 9.53. The summed E-state index contributed by atoms with van der Waals surface area (Å²) >= 11 is 4.09. The van der Waals surface area contributed by atoms with Gasteiger partial charge in [-0.3, -0.25) is 14.4 Å². The Bertz CT molecular complexity index is 553. The standard InChI is InChI=1S/C16H28N4O6S/c1-8(2)12(15(24)18-10(6-21)16(25)26)20-14(23)11(7-27)19-13(22)9-4-3-5-17-9/h8-12,17,21,27H,3-7H2,1-2H3,(H,18,24)(H,19,22)(H,20,23)(H,25,26). The number of aliphatic carboxylic acids is 1. The lowest BCUT2D eigenvalue weighted by Crippen LogP contribution is -2.59. The molecular formula is C16H28N4O6S. The smallest absolute Gasteiger partial charge is 0.328 e. The normalized spacial score (nSPS) is 19.8. The van der Waals surface area contributed by atoms with Crippen LogP contribution >= 0.6 is 12.6 Å². The first-order chi connectivity index (χ1) is 12.7. The second kappa shape index (κ2) is 11.1. The Morgan fingerprint density at radius 1 is 1.11 bits per heavy atom. The highest BCUT2D eigenvalue weighted by molar-refractivity contribution is 7.80. The highest BCUT2D eigenvalue weighted by Gasteiger charge is 2.32. The van der Waals surface area contributed by atoms with Crippen molar-refractivity contribution in [3.05, 3.63) is 0 Å². The van der Waals surface area contributed by atoms with Crippen LogP contribution in [0.5, 0.6) is 0 Å². The fourth-order valence-corrected chi connectivity index (χ4v) is 2.87. The fourth-order valence-electron chi connectivity index (χ4n) is 2.61. The van der Waals surface area contributed by atoms with E-state index in [1.165, 1.54) is 0 Å². The molecule has 6 N–H and O–H groups in total. The van der Waals surface area contributed by atoms with Crippen molar-refractivity contribution >= 4 is 36.3 Å². The summed E-state index contributed by atoms with van der Waals surface area (Å²) in [6.45, 7) is 3.32. The molecule has 0 saturated carbocycles. The number of hydrogen-bond donors (Lipinski definition) is 7. The van der Waals surface area contributed by atoms with Crippen LogP contribution in [-0.2, 0) is 19.2 Å². The fraction of sp³-hybridized carbons (Fsp3) is 0.750. The highest BCUT2D eigenvalue weighted by atomic mass is 32.1. The molecule has 0 spiro atoms. The molecule has 0 aliphatic carbocycles. The number of thiol groups is 1. The van der Waals surface area contributed by atoms with Crippen molar-refractivity contribution in [2.75, 3.05) is 18.9 Å². The van der Waals surface area contributed by atoms with E-state index in [1.54, 1.807) is 13.8 Å². The molecule has 1 rings (SSSR count). The summed E-state index contributed by atoms with van der Waals surface area (Å²) < 4.78 is 0. The van der Waals surface area contributed by atoms with Crippen LogP contribution in [0.2, 0.25) is 0 Å². The molecule has 4 unspecified atom stereocenters. The van der Waals surface area contributed by atoms with E-state index in [4.69, 9.17) is 10.2 Å². The van der Waals surface area contributed by atoms with Crippen LogP contribution in [-0.4, -0.2) is 77.0 Å². The van der Waals surface area contributed by atoms with Crippen molar-refractivity contribution in [2.45, 2.75) is 50.9 Å². The summed E-state index contributed by atoms with van der Waals surface area (Å²) in [6.07, 6.45) is 1.56. The largest absolute Gasteiger partial charge is 0.480 e. The molecule has 27 heavy (non-hydrogen) atoms. The van der Waals surface area contributed by atoms with Gasteiger partial charge in [0.25, 0.3) is 0 Å². The van der Waals surface area contributed by atoms with E-state index in [0.717, 1.165) is 13.0 Å². The Labute approximate surface area is 163 Å². The van der Waals surface area contributed by atoms with E-state index in [9.17, 15) is 19.2 Å². The van der Waals surface area contributed by atoms with E-state index >= 15 is 0 Å². The first-order valence-electron chi connectivity index (χ1n) is 8.80. The maximum atomic E-state index is 12.5. The summed E-state index contributed by atoms with van der Waals surface area (Å²) in [5.74, 6) is -3.34. The molecular weight excluding hydrogens is 376 g/mol. The molecule has 11 heteroatoms. The van der Waals surface area contributed by atoms with Gasteiger partial charge < -0.3 is 31.5 Å². The molecule has 0 aromatic carbocycles. The van der Waals surface area contributed by atoms with Gasteiger partial charge in [0.1, 0.15) is 18.1 Å². The van der Waals surface area contributed by atoms with Gasteiger partial charge in [0.15, 0.2) is 0 Å². The third-order valence-electron chi connectivity index (χ3n) is 4.24. The summed E-state index contributed by atoms with van der Waals surface area (Å²) in [4.78, 5) is 47.9. The van der Waals surface area contributed by atoms with Gasteiger partial charge >= 0.3 is 5.97 Å². The number of nitrogens with one attached hydrogen (secondary N) is 4. The lowest BCUT2D eigenvalue weighted by Gasteiger charge is -2.26. The number of carbonyl (C=O) groups excluding carboxylic acids is 3. The number of carboxylic acids is 1. The molecule has 0 radical (unpaired) electrons. The maximum Gasteiger partial charge on any atom is 0.328 e. The van der Waals surface area contributed by atoms with Gasteiger partial charge in [0.05, 0.1) is 12.6 Å². The van der Waals surface area contributed by atoms with Gasteiger partial charge in [-0.25, -0.2) is 4.79 Å². The van der Waals surface area contributed by atoms with E-state index in [2.05, 4.69) is 33.9 Å². The molecule has 10 nitrogen and oxygen atoms in total. The number of amides is 3. The van der Waals surface area contributed by atoms with E-state index < -0.39 is 42.5 Å². The molecule has 3 amide bonds. The Balaban J connectivity index is 2.72. The summed E-state index contributed by atoms with van der Waals surface area (Å²) in [5.41, 5.74) is 0. The van der Waals surface area contributed by atoms with Crippen LogP contribution in [0, 0.1) is 5.92 Å². The SMILES string of the molecule is CC(C)C(NC(=O)C(CS)NC(=O)C1CCCN1)C(=O)NC(CO)C(=O)O. The topological polar surface area (TPSA) is 157 Å². The Morgan fingerprint density at radius 3 is 2.22 bits per heavy atom. The molecule has 1 saturated heterocycles. The predicted octanol–water partition coefficient (Wildman–Crippen LogP) is -2.14. The lowest BCUT2D eigenvalue weighted by atomic mass is 10.0. The first kappa shape index (κ1) is 23.2. The molecule has 1 aliphatic rings. The van der Waals surface area contributed by atoms with Crippen LogP contribution in [0.25, 0.3) is 0 Å². The predicted molar refractivity (Wildman–Crippen MR) is 100 cm³/mol. The number of rotatable bonds is 10. The molecule has 4 atom stereocenters. The van der Waals surface area contributed by atoms with Gasteiger partial charge in [0, 0.05) is 5.75 Å². The minimum absolute atomic E-state index is 0.0329. The van der Waals surface area contributed by atoms with Gasteiger partial charge in [-0.15, -0.1) is 0 Å². The average molecular weight is 404 g/mol. The number of aliphatic hydroxyl groups is 1. The van der Waals surface area contributed by atoms with Gasteiger partial charge in [-0.2, -0.15) is 12.6 Å². The maximum absolute atomic E-state index is 12.5. The van der Waals surface area contributed by atoms with Gasteiger partial charge in [-0.1, -0.05) is 13.8 Å². The molecule has 154 valence electrons. The first-order valence-corrected chi connectivity index (χ1v) is 9.43. The number of hydrogen-bond acceptors (Lipinski definition) is 7. The number of carboxylic acid groups (broad SMARTS) is 1. The number of aliphatic hydroxyl groups excluding tert-OH is 1. The quantitative estimate of drug-likeness (QED) is 0.205. The second-order valence-electron chi connectivity index (χ2n) is 6.70. The molecule has 1 heterocycles. The number of carbonyl (C=O) groups is 4. The summed E-state index contributed by atoms with van der Waals surface area (Å²) in [6, 6.07) is -3.80. The molecule has 1 aliphatic heterocycles. The van der Waals surface area contributed by atoms with E-state index in [-0.39, 0.29) is 23.6 Å². The average Bonchev–Trinajstić information content (AvgIpc) is 3.15. The molecule has 0 aromatic heterocycles. The Morgan fingerprint density at radius 2 is 1.78 bits per heavy atom. The van der Waals surface area contributed by atoms with Crippen molar-refractivity contribution in [1.29, 1.82) is 0 Å². The monoisotopic (exact) mass is 404 g/mol. The molecule has 1 fully saturated rings. The van der Waals surface area contributed by atoms with Crippen LogP contribution < -0.4 is 21.3 Å². The third-order valence-corrected chi connectivity index (χ3v) is 4.60. The van der Waals surface area contributed by atoms with Crippen molar-refractivity contribution in [2.24, 2.45) is 5.92 Å². The van der Waals surface area contributed by atoms with Crippen molar-refractivity contribution in [3.8, 4) is 0 Å². The van der Waals surface area contributed by atoms with Crippen LogP contribution in [0.3, 0.4) is 0 Å². The summed E-state index contributed by atoms with van der Waals surface area (Å²) in [5, 5.41) is 28.3. The van der Waals surface area contributed by atoms with Crippen molar-refractivity contribution in [3.63, 3.8) is 0 Å². The third kappa shape index (κ3) is 7.00. The minimum atomic E-state index is -1.47. The molecule has 0 aromatic rings. The van der Waals surface area contributed by atoms with Crippen molar-refractivity contribution < 1.29 is 29.4 Å². The van der Waals surface area contributed by atoms with E-state index in [1.807, 2.05) is 0 Å². The zero-order valence-electron chi connectivity index (χ0n) is 15.4. The zero-order valence-corrected chi connectivity index (χ0v) is 16.3. The van der Waals surface area contributed by atoms with Crippen LogP contribution in [0.4, 0.5) is 0 Å². The highest BCUT2D eigenvalue weighted by Crippen LogP contribution is 2.07. The Hall–Kier alpha value is -1.85. The van der Waals surface area contributed by atoms with Gasteiger partial charge in [-0.05, 0) is 25.3 Å².